The van der Waals surface area contributed by atoms with Gasteiger partial charge in [-0.25, -0.2) is 4.39 Å². The minimum Gasteiger partial charge on any atom is -0.388 e. The number of ether oxygens (including phenoxy) is 1. The Morgan fingerprint density at radius 1 is 1.56 bits per heavy atom. The van der Waals surface area contributed by atoms with Crippen LogP contribution in [0.3, 0.4) is 0 Å². The second kappa shape index (κ2) is 6.47. The minimum absolute atomic E-state index is 0.0890. The van der Waals surface area contributed by atoms with Gasteiger partial charge in [0.05, 0.1) is 5.60 Å². The molecule has 0 saturated heterocycles. The second-order valence-corrected chi connectivity index (χ2v) is 4.43. The van der Waals surface area contributed by atoms with E-state index in [0.29, 0.717) is 13.0 Å². The number of halogens is 1. The first-order valence-electron chi connectivity index (χ1n) is 5.70. The summed E-state index contributed by atoms with van der Waals surface area (Å²) in [6.07, 6.45) is 0.410. The van der Waals surface area contributed by atoms with E-state index in [-0.39, 0.29) is 12.1 Å². The lowest BCUT2D eigenvalue weighted by atomic mass is 10.0. The standard InChI is InChI=1S/C13H18FNO3/c1-13(17,6-7-18-2)9-15-12(16)10-4-3-5-11(14)8-10/h3-5,8,17H,6-7,9H2,1-2H3,(H,15,16). The number of benzene rings is 1. The van der Waals surface area contributed by atoms with Crippen LogP contribution in [0.25, 0.3) is 0 Å². The number of carbonyl (C=O) groups is 1. The van der Waals surface area contributed by atoms with Crippen LogP contribution in [0.4, 0.5) is 4.39 Å². The van der Waals surface area contributed by atoms with Gasteiger partial charge in [0.25, 0.3) is 5.91 Å². The molecule has 2 N–H and O–H groups in total. The number of hydrogen-bond donors (Lipinski definition) is 2. The molecule has 0 aliphatic heterocycles. The number of carbonyl (C=O) groups excluding carboxylic acids is 1. The average Bonchev–Trinajstić information content (AvgIpc) is 2.34. The topological polar surface area (TPSA) is 58.6 Å². The summed E-state index contributed by atoms with van der Waals surface area (Å²) in [5, 5.41) is 12.5. The van der Waals surface area contributed by atoms with E-state index in [1.807, 2.05) is 0 Å². The van der Waals surface area contributed by atoms with Crippen molar-refractivity contribution in [1.82, 2.24) is 5.32 Å². The Balaban J connectivity index is 2.50. The molecule has 0 aliphatic carbocycles. The highest BCUT2D eigenvalue weighted by molar-refractivity contribution is 5.94. The van der Waals surface area contributed by atoms with Crippen LogP contribution in [0.5, 0.6) is 0 Å². The molecular weight excluding hydrogens is 237 g/mol. The Kier molecular flexibility index (Phi) is 5.25. The number of aliphatic hydroxyl groups is 1. The van der Waals surface area contributed by atoms with Gasteiger partial charge in [-0.15, -0.1) is 0 Å². The number of rotatable bonds is 6. The Morgan fingerprint density at radius 2 is 2.28 bits per heavy atom. The van der Waals surface area contributed by atoms with Crippen LogP contribution in [0, 0.1) is 5.82 Å². The normalized spacial score (nSPS) is 14.0. The summed E-state index contributed by atoms with van der Waals surface area (Å²) in [5.41, 5.74) is -0.809. The fourth-order valence-corrected chi connectivity index (χ4v) is 1.41. The number of amides is 1. The molecule has 100 valence electrons. The molecular formula is C13H18FNO3. The van der Waals surface area contributed by atoms with Crippen LogP contribution in [-0.2, 0) is 4.74 Å². The van der Waals surface area contributed by atoms with E-state index < -0.39 is 17.3 Å². The molecule has 1 unspecified atom stereocenters. The summed E-state index contributed by atoms with van der Waals surface area (Å²) in [6.45, 7) is 2.10. The van der Waals surface area contributed by atoms with Crippen molar-refractivity contribution in [2.75, 3.05) is 20.3 Å². The molecule has 0 fully saturated rings. The largest absolute Gasteiger partial charge is 0.388 e. The molecule has 0 bridgehead atoms. The summed E-state index contributed by atoms with van der Waals surface area (Å²) in [5.74, 6) is -0.874. The van der Waals surface area contributed by atoms with Gasteiger partial charge in [0.15, 0.2) is 0 Å². The summed E-state index contributed by atoms with van der Waals surface area (Å²) < 4.78 is 17.8. The first-order chi connectivity index (χ1) is 8.44. The van der Waals surface area contributed by atoms with Crippen molar-refractivity contribution in [3.63, 3.8) is 0 Å². The number of methoxy groups -OCH3 is 1. The predicted octanol–water partition coefficient (Wildman–Crippen LogP) is 1.34. The Morgan fingerprint density at radius 3 is 2.89 bits per heavy atom. The van der Waals surface area contributed by atoms with Crippen molar-refractivity contribution in [1.29, 1.82) is 0 Å². The van der Waals surface area contributed by atoms with E-state index in [2.05, 4.69) is 5.32 Å². The lowest BCUT2D eigenvalue weighted by Crippen LogP contribution is -2.41. The van der Waals surface area contributed by atoms with Crippen molar-refractivity contribution in [2.45, 2.75) is 18.9 Å². The van der Waals surface area contributed by atoms with E-state index in [4.69, 9.17) is 4.74 Å². The molecule has 1 aromatic rings. The van der Waals surface area contributed by atoms with Gasteiger partial charge in [-0.2, -0.15) is 0 Å². The van der Waals surface area contributed by atoms with E-state index in [9.17, 15) is 14.3 Å². The van der Waals surface area contributed by atoms with Crippen molar-refractivity contribution in [3.8, 4) is 0 Å². The van der Waals surface area contributed by atoms with Crippen LogP contribution < -0.4 is 5.32 Å². The smallest absolute Gasteiger partial charge is 0.251 e. The van der Waals surface area contributed by atoms with Gasteiger partial charge in [0.1, 0.15) is 5.82 Å². The van der Waals surface area contributed by atoms with Crippen LogP contribution in [0.1, 0.15) is 23.7 Å². The zero-order valence-corrected chi connectivity index (χ0v) is 10.6. The quantitative estimate of drug-likeness (QED) is 0.806. The van der Waals surface area contributed by atoms with Crippen LogP contribution in [0.2, 0.25) is 0 Å². The van der Waals surface area contributed by atoms with E-state index in [1.165, 1.54) is 18.2 Å². The van der Waals surface area contributed by atoms with E-state index in [0.717, 1.165) is 6.07 Å². The Labute approximate surface area is 106 Å². The lowest BCUT2D eigenvalue weighted by molar-refractivity contribution is 0.0243. The molecule has 1 atom stereocenters. The number of nitrogens with one attached hydrogen (secondary N) is 1. The summed E-state index contributed by atoms with van der Waals surface area (Å²) >= 11 is 0. The number of hydrogen-bond acceptors (Lipinski definition) is 3. The third-order valence-corrected chi connectivity index (χ3v) is 2.56. The van der Waals surface area contributed by atoms with Crippen molar-refractivity contribution in [3.05, 3.63) is 35.6 Å². The van der Waals surface area contributed by atoms with Gasteiger partial charge < -0.3 is 15.2 Å². The first kappa shape index (κ1) is 14.6. The summed E-state index contributed by atoms with van der Waals surface area (Å²) in [6, 6.07) is 5.40. The zero-order chi connectivity index (χ0) is 13.6. The van der Waals surface area contributed by atoms with Gasteiger partial charge in [0, 0.05) is 32.2 Å². The van der Waals surface area contributed by atoms with Gasteiger partial charge in [-0.1, -0.05) is 6.07 Å². The summed E-state index contributed by atoms with van der Waals surface area (Å²) in [7, 11) is 1.54. The highest BCUT2D eigenvalue weighted by atomic mass is 19.1. The van der Waals surface area contributed by atoms with Crippen LogP contribution in [0.15, 0.2) is 24.3 Å². The molecule has 5 heteroatoms. The molecule has 0 saturated carbocycles. The van der Waals surface area contributed by atoms with E-state index >= 15 is 0 Å². The fraction of sp³-hybridized carbons (Fsp3) is 0.462. The first-order valence-corrected chi connectivity index (χ1v) is 5.70. The molecule has 0 radical (unpaired) electrons. The second-order valence-electron chi connectivity index (χ2n) is 4.43. The molecule has 1 amide bonds. The van der Waals surface area contributed by atoms with Gasteiger partial charge in [-0.05, 0) is 25.1 Å². The van der Waals surface area contributed by atoms with E-state index in [1.54, 1.807) is 14.0 Å². The molecule has 18 heavy (non-hydrogen) atoms. The fourth-order valence-electron chi connectivity index (χ4n) is 1.41. The third kappa shape index (κ3) is 4.81. The highest BCUT2D eigenvalue weighted by Crippen LogP contribution is 2.09. The predicted molar refractivity (Wildman–Crippen MR) is 65.9 cm³/mol. The third-order valence-electron chi connectivity index (χ3n) is 2.56. The van der Waals surface area contributed by atoms with Crippen molar-refractivity contribution < 1.29 is 19.0 Å². The maximum absolute atomic E-state index is 12.9. The monoisotopic (exact) mass is 255 g/mol. The molecule has 0 heterocycles. The lowest BCUT2D eigenvalue weighted by Gasteiger charge is -2.23. The highest BCUT2D eigenvalue weighted by Gasteiger charge is 2.21. The molecule has 4 nitrogen and oxygen atoms in total. The van der Waals surface area contributed by atoms with Gasteiger partial charge in [-0.3, -0.25) is 4.79 Å². The zero-order valence-electron chi connectivity index (χ0n) is 10.6. The van der Waals surface area contributed by atoms with Gasteiger partial charge >= 0.3 is 0 Å². The molecule has 1 aromatic carbocycles. The Hall–Kier alpha value is -1.46. The summed E-state index contributed by atoms with van der Waals surface area (Å²) in [4.78, 5) is 11.7. The van der Waals surface area contributed by atoms with Crippen LogP contribution >= 0.6 is 0 Å². The molecule has 1 rings (SSSR count). The SMILES string of the molecule is COCCC(C)(O)CNC(=O)c1cccc(F)c1. The van der Waals surface area contributed by atoms with Crippen molar-refractivity contribution in [2.24, 2.45) is 0 Å². The van der Waals surface area contributed by atoms with Gasteiger partial charge in [0.2, 0.25) is 0 Å². The minimum atomic E-state index is -1.04. The maximum Gasteiger partial charge on any atom is 0.251 e. The molecule has 0 aliphatic rings. The Bertz CT molecular complexity index is 407. The molecule has 0 aromatic heterocycles. The maximum atomic E-state index is 12.9. The van der Waals surface area contributed by atoms with Crippen LogP contribution in [-0.4, -0.2) is 36.9 Å². The molecule has 0 spiro atoms. The van der Waals surface area contributed by atoms with Crippen molar-refractivity contribution >= 4 is 5.91 Å². The average molecular weight is 255 g/mol.